The smallest absolute Gasteiger partial charge is 0.155 e. The lowest BCUT2D eigenvalue weighted by atomic mass is 9.95. The average molecular weight is 403 g/mol. The maximum Gasteiger partial charge on any atom is 0.155 e. The van der Waals surface area contributed by atoms with Crippen LogP contribution in [0.25, 0.3) is 33.5 Å². The molecule has 4 aromatic rings. The molecule has 5 rings (SSSR count). The maximum absolute atomic E-state index is 6.05. The first-order valence-electron chi connectivity index (χ1n) is 10.6. The predicted octanol–water partition coefficient (Wildman–Crippen LogP) is 4.17. The first kappa shape index (κ1) is 18.8. The van der Waals surface area contributed by atoms with E-state index in [1.807, 2.05) is 24.3 Å². The van der Waals surface area contributed by atoms with Gasteiger partial charge < -0.3 is 10.1 Å². The Balaban J connectivity index is 1.30. The van der Waals surface area contributed by atoms with Gasteiger partial charge in [0.1, 0.15) is 17.8 Å². The van der Waals surface area contributed by atoms with E-state index in [1.165, 1.54) is 32.1 Å². The van der Waals surface area contributed by atoms with Crippen molar-refractivity contribution in [2.45, 2.75) is 25.7 Å². The number of piperidine rings is 1. The molecule has 30 heavy (non-hydrogen) atoms. The molecule has 2 aromatic carbocycles. The van der Waals surface area contributed by atoms with Crippen LogP contribution in [0, 0.1) is 5.92 Å². The van der Waals surface area contributed by atoms with Crippen LogP contribution in [0.2, 0.25) is 0 Å². The number of aromatic nitrogens is 5. The highest BCUT2D eigenvalue weighted by atomic mass is 16.5. The molecule has 7 heteroatoms. The van der Waals surface area contributed by atoms with E-state index in [0.717, 1.165) is 64.8 Å². The van der Waals surface area contributed by atoms with Crippen LogP contribution in [-0.4, -0.2) is 45.1 Å². The number of fused-ring (bicyclic) bond motifs is 1. The second-order valence-corrected chi connectivity index (χ2v) is 7.90. The van der Waals surface area contributed by atoms with Gasteiger partial charge in [0.15, 0.2) is 5.82 Å². The summed E-state index contributed by atoms with van der Waals surface area (Å²) in [6.07, 6.45) is 6.46. The molecule has 1 aliphatic heterocycles. The van der Waals surface area contributed by atoms with Crippen LogP contribution >= 0.6 is 0 Å². The minimum atomic E-state index is 0.745. The molecule has 0 spiro atoms. The van der Waals surface area contributed by atoms with Gasteiger partial charge in [0.25, 0.3) is 0 Å². The van der Waals surface area contributed by atoms with E-state index >= 15 is 0 Å². The van der Waals surface area contributed by atoms with Gasteiger partial charge in [-0.2, -0.15) is 10.2 Å². The summed E-state index contributed by atoms with van der Waals surface area (Å²) in [7, 11) is 0. The summed E-state index contributed by atoms with van der Waals surface area (Å²) in [5.74, 6) is 2.42. The van der Waals surface area contributed by atoms with Gasteiger partial charge in [0.2, 0.25) is 0 Å². The van der Waals surface area contributed by atoms with Crippen molar-refractivity contribution in [3.63, 3.8) is 0 Å². The summed E-state index contributed by atoms with van der Waals surface area (Å²) < 4.78 is 6.05. The third kappa shape index (κ3) is 4.07. The molecule has 0 aliphatic carbocycles. The number of nitrogens with one attached hydrogen (secondary N) is 3. The topological polar surface area (TPSA) is 91.5 Å². The molecule has 1 atom stereocenters. The molecule has 154 valence electrons. The van der Waals surface area contributed by atoms with E-state index in [0.29, 0.717) is 0 Å². The fraction of sp³-hybridized carbons (Fsp3) is 0.348. The number of ether oxygens (including phenoxy) is 1. The van der Waals surface area contributed by atoms with E-state index in [9.17, 15) is 0 Å². The largest absolute Gasteiger partial charge is 0.494 e. The molecule has 0 saturated carbocycles. The van der Waals surface area contributed by atoms with E-state index in [4.69, 9.17) is 4.74 Å². The van der Waals surface area contributed by atoms with Gasteiger partial charge in [-0.1, -0.05) is 12.1 Å². The summed E-state index contributed by atoms with van der Waals surface area (Å²) in [5.41, 5.74) is 3.91. The Labute approximate surface area is 175 Å². The van der Waals surface area contributed by atoms with Gasteiger partial charge >= 0.3 is 0 Å². The summed E-state index contributed by atoms with van der Waals surface area (Å²) >= 11 is 0. The summed E-state index contributed by atoms with van der Waals surface area (Å²) in [5, 5.41) is 19.1. The Hall–Kier alpha value is -3.19. The van der Waals surface area contributed by atoms with Crippen LogP contribution in [0.4, 0.5) is 0 Å². The van der Waals surface area contributed by atoms with Crippen LogP contribution < -0.4 is 10.1 Å². The molecule has 1 unspecified atom stereocenters. The molecule has 0 radical (unpaired) electrons. The van der Waals surface area contributed by atoms with Crippen LogP contribution in [0.5, 0.6) is 5.75 Å². The lowest BCUT2D eigenvalue weighted by Crippen LogP contribution is -2.29. The van der Waals surface area contributed by atoms with Crippen molar-refractivity contribution in [2.75, 3.05) is 19.7 Å². The number of hydrogen-bond donors (Lipinski definition) is 3. The van der Waals surface area contributed by atoms with Gasteiger partial charge in [-0.05, 0) is 75.0 Å². The SMILES string of the molecule is c1cc(OCCCC2CCCNC2)cc(-c2n[nH]c3ccc(-c4ncn[nH]4)cc23)c1. The standard InChI is InChI=1S/C23H26N6O/c1-6-17(12-19(7-1)30-11-3-5-16-4-2-10-24-14-16)22-20-13-18(23-25-15-26-29-23)8-9-21(20)27-28-22/h1,6-9,12-13,15-16,24H,2-5,10-11,14H2,(H,27,28)(H,25,26,29). The van der Waals surface area contributed by atoms with E-state index < -0.39 is 0 Å². The summed E-state index contributed by atoms with van der Waals surface area (Å²) in [6.45, 7) is 3.07. The first-order chi connectivity index (χ1) is 14.9. The zero-order valence-electron chi connectivity index (χ0n) is 16.9. The van der Waals surface area contributed by atoms with Crippen molar-refractivity contribution in [3.8, 4) is 28.4 Å². The van der Waals surface area contributed by atoms with Crippen LogP contribution in [0.15, 0.2) is 48.8 Å². The predicted molar refractivity (Wildman–Crippen MR) is 117 cm³/mol. The van der Waals surface area contributed by atoms with Gasteiger partial charge in [-0.25, -0.2) is 4.98 Å². The molecule has 2 aromatic heterocycles. The number of H-pyrrole nitrogens is 2. The Morgan fingerprint density at radius 3 is 2.93 bits per heavy atom. The summed E-state index contributed by atoms with van der Waals surface area (Å²) in [6, 6.07) is 14.3. The van der Waals surface area contributed by atoms with Crippen molar-refractivity contribution in [1.29, 1.82) is 0 Å². The van der Waals surface area contributed by atoms with Crippen LogP contribution in [-0.2, 0) is 0 Å². The molecular formula is C23H26N6O. The Kier molecular flexibility index (Phi) is 5.44. The molecule has 0 bridgehead atoms. The monoisotopic (exact) mass is 402 g/mol. The third-order valence-electron chi connectivity index (χ3n) is 5.78. The van der Waals surface area contributed by atoms with Crippen molar-refractivity contribution in [1.82, 2.24) is 30.7 Å². The zero-order valence-corrected chi connectivity index (χ0v) is 16.9. The van der Waals surface area contributed by atoms with Crippen molar-refractivity contribution >= 4 is 10.9 Å². The third-order valence-corrected chi connectivity index (χ3v) is 5.78. The van der Waals surface area contributed by atoms with E-state index in [1.54, 1.807) is 0 Å². The molecule has 3 N–H and O–H groups in total. The molecule has 3 heterocycles. The van der Waals surface area contributed by atoms with Crippen LogP contribution in [0.3, 0.4) is 0 Å². The quantitative estimate of drug-likeness (QED) is 0.404. The second kappa shape index (κ2) is 8.67. The number of nitrogens with zero attached hydrogens (tertiary/aromatic N) is 3. The molecule has 7 nitrogen and oxygen atoms in total. The lowest BCUT2D eigenvalue weighted by Gasteiger charge is -2.22. The number of benzene rings is 2. The van der Waals surface area contributed by atoms with Gasteiger partial charge in [-0.15, -0.1) is 0 Å². The summed E-state index contributed by atoms with van der Waals surface area (Å²) in [4.78, 5) is 4.25. The fourth-order valence-corrected chi connectivity index (χ4v) is 4.19. The highest BCUT2D eigenvalue weighted by Gasteiger charge is 2.13. The Morgan fingerprint density at radius 1 is 1.07 bits per heavy atom. The molecule has 1 saturated heterocycles. The normalized spacial score (nSPS) is 16.7. The van der Waals surface area contributed by atoms with Gasteiger partial charge in [0, 0.05) is 16.5 Å². The lowest BCUT2D eigenvalue weighted by molar-refractivity contribution is 0.275. The highest BCUT2D eigenvalue weighted by Crippen LogP contribution is 2.31. The fourth-order valence-electron chi connectivity index (χ4n) is 4.19. The number of aromatic amines is 2. The second-order valence-electron chi connectivity index (χ2n) is 7.90. The highest BCUT2D eigenvalue weighted by molar-refractivity contribution is 5.95. The van der Waals surface area contributed by atoms with E-state index in [2.05, 4.69) is 48.9 Å². The molecule has 0 amide bonds. The van der Waals surface area contributed by atoms with Gasteiger partial charge in [-0.3, -0.25) is 10.2 Å². The minimum Gasteiger partial charge on any atom is -0.494 e. The zero-order chi connectivity index (χ0) is 20.2. The molecule has 1 aliphatic rings. The van der Waals surface area contributed by atoms with Crippen molar-refractivity contribution in [2.24, 2.45) is 5.92 Å². The average Bonchev–Trinajstić information content (AvgIpc) is 3.47. The Morgan fingerprint density at radius 2 is 2.07 bits per heavy atom. The Bertz CT molecular complexity index is 1100. The molecular weight excluding hydrogens is 376 g/mol. The van der Waals surface area contributed by atoms with Crippen molar-refractivity contribution in [3.05, 3.63) is 48.8 Å². The number of rotatable bonds is 7. The van der Waals surface area contributed by atoms with E-state index in [-0.39, 0.29) is 0 Å². The first-order valence-corrected chi connectivity index (χ1v) is 10.6. The minimum absolute atomic E-state index is 0.745. The van der Waals surface area contributed by atoms with Gasteiger partial charge in [0.05, 0.1) is 12.1 Å². The maximum atomic E-state index is 6.05. The van der Waals surface area contributed by atoms with Crippen molar-refractivity contribution < 1.29 is 4.74 Å². The van der Waals surface area contributed by atoms with Crippen LogP contribution in [0.1, 0.15) is 25.7 Å². The number of hydrogen-bond acceptors (Lipinski definition) is 5. The molecule has 1 fully saturated rings.